The minimum absolute atomic E-state index is 0.0625. The van der Waals surface area contributed by atoms with Gasteiger partial charge in [0.05, 0.1) is 0 Å². The minimum atomic E-state index is -4.86. The Labute approximate surface area is 114 Å². The molecule has 0 aromatic rings. The zero-order valence-corrected chi connectivity index (χ0v) is 10.5. The summed E-state index contributed by atoms with van der Waals surface area (Å²) in [5.74, 6) is -2.26. The van der Waals surface area contributed by atoms with Crippen LogP contribution in [0.1, 0.15) is 0 Å². The molecule has 0 atom stereocenters. The number of halogens is 11. The third-order valence-electron chi connectivity index (χ3n) is 0.539. The zero-order chi connectivity index (χ0) is 18.7. The first-order valence-corrected chi connectivity index (χ1v) is 4.19. The van der Waals surface area contributed by atoms with Gasteiger partial charge in [0.15, 0.2) is 5.83 Å². The maximum atomic E-state index is 10.9. The second-order valence-electron chi connectivity index (χ2n) is 1.85. The highest BCUT2D eigenvalue weighted by molar-refractivity contribution is 4.88. The molecule has 0 aliphatic carbocycles. The number of alkyl halides is 10. The lowest BCUT2D eigenvalue weighted by Crippen LogP contribution is -2.05. The zero-order valence-electron chi connectivity index (χ0n) is 10.5. The Morgan fingerprint density at radius 2 is 0.905 bits per heavy atom. The Kier molecular flexibility index (Phi) is 31.3. The fourth-order valence-corrected chi connectivity index (χ4v) is 0. The van der Waals surface area contributed by atoms with E-state index in [0.717, 1.165) is 0 Å². The van der Waals surface area contributed by atoms with Crippen molar-refractivity contribution in [2.75, 3.05) is 13.9 Å². The molecule has 0 radical (unpaired) electrons. The van der Waals surface area contributed by atoms with Crippen molar-refractivity contribution >= 4 is 0 Å². The number of hydrogen-bond donors (Lipinski definition) is 0. The van der Waals surface area contributed by atoms with E-state index >= 15 is 0 Å². The lowest BCUT2D eigenvalue weighted by molar-refractivity contribution is -0.108. The van der Waals surface area contributed by atoms with Crippen molar-refractivity contribution in [3.8, 4) is 0 Å². The molecule has 0 heterocycles. The van der Waals surface area contributed by atoms with Gasteiger partial charge < -0.3 is 0 Å². The predicted molar refractivity (Wildman–Crippen MR) is 58.0 cm³/mol. The van der Waals surface area contributed by atoms with Gasteiger partial charge in [-0.15, -0.1) is 13.2 Å². The van der Waals surface area contributed by atoms with Crippen LogP contribution in [0.25, 0.3) is 0 Å². The second-order valence-corrected chi connectivity index (χ2v) is 1.85. The highest BCUT2D eigenvalue weighted by atomic mass is 19.4. The monoisotopic (exact) mass is 342 g/mol. The molecule has 0 saturated carbocycles. The van der Waals surface area contributed by atoms with E-state index in [1.165, 1.54) is 0 Å². The molecule has 0 unspecified atom stereocenters. The summed E-state index contributed by atoms with van der Waals surface area (Å²) in [6.45, 7) is 7.04. The van der Waals surface area contributed by atoms with E-state index in [1.807, 2.05) is 6.58 Å². The molecule has 0 fully saturated rings. The lowest BCUT2D eigenvalue weighted by atomic mass is 10.6. The molecule has 0 spiro atoms. The molecule has 11 heteroatoms. The van der Waals surface area contributed by atoms with Crippen LogP contribution in [-0.4, -0.2) is 26.2 Å². The highest BCUT2D eigenvalue weighted by Gasteiger charge is 2.32. The van der Waals surface area contributed by atoms with Gasteiger partial charge in [-0.05, 0) is 0 Å². The summed E-state index contributed by atoms with van der Waals surface area (Å²) in [5.41, 5.74) is 0. The molecule has 0 saturated heterocycles. The molecule has 0 N–H and O–H groups in total. The number of hydrogen-bond acceptors (Lipinski definition) is 0. The minimum Gasteiger partial charge on any atom is -0.214 e. The van der Waals surface area contributed by atoms with E-state index in [4.69, 9.17) is 0 Å². The van der Waals surface area contributed by atoms with E-state index in [1.54, 1.807) is 0 Å². The van der Waals surface area contributed by atoms with Crippen LogP contribution in [0.3, 0.4) is 0 Å². The van der Waals surface area contributed by atoms with Gasteiger partial charge in [0.2, 0.25) is 13.9 Å². The molecule has 0 aliphatic rings. The summed E-state index contributed by atoms with van der Waals surface area (Å²) in [6.07, 6.45) is -9.12. The topological polar surface area (TPSA) is 0 Å². The van der Waals surface area contributed by atoms with Crippen molar-refractivity contribution < 1.29 is 48.3 Å². The molecule has 0 aromatic carbocycles. The summed E-state index contributed by atoms with van der Waals surface area (Å²) in [4.78, 5) is 0. The van der Waals surface area contributed by atoms with E-state index in [-0.39, 0.29) is 6.08 Å². The molecular formula is C10H13F11. The standard InChI is InChI=1S/C3H2F4.C3H3F3.C2H4.2CH2F2/c1-2(4)3(5,6)7;1-2-3(4,5)6;1-2;2*2-1-3/h1H2;2H,1H2;1-2H2;2*1H2. The van der Waals surface area contributed by atoms with E-state index < -0.39 is 32.0 Å². The molecule has 0 rings (SSSR count). The van der Waals surface area contributed by atoms with Crippen LogP contribution in [-0.2, 0) is 0 Å². The van der Waals surface area contributed by atoms with E-state index in [2.05, 4.69) is 19.7 Å². The second kappa shape index (κ2) is 20.8. The predicted octanol–water partition coefficient (Wildman–Crippen LogP) is 6.33. The van der Waals surface area contributed by atoms with Crippen LogP contribution in [0.15, 0.2) is 38.2 Å². The summed E-state index contributed by atoms with van der Waals surface area (Å²) >= 11 is 0. The van der Waals surface area contributed by atoms with Crippen molar-refractivity contribution in [3.63, 3.8) is 0 Å². The van der Waals surface area contributed by atoms with Gasteiger partial charge in [0, 0.05) is 6.08 Å². The van der Waals surface area contributed by atoms with Gasteiger partial charge in [0.25, 0.3) is 0 Å². The molecule has 130 valence electrons. The lowest BCUT2D eigenvalue weighted by Gasteiger charge is -1.97. The third kappa shape index (κ3) is 90.0. The maximum absolute atomic E-state index is 10.9. The summed E-state index contributed by atoms with van der Waals surface area (Å²) in [7, 11) is 0. The van der Waals surface area contributed by atoms with Crippen molar-refractivity contribution in [2.24, 2.45) is 0 Å². The fraction of sp³-hybridized carbons (Fsp3) is 0.400. The first-order valence-electron chi connectivity index (χ1n) is 4.19. The molecule has 0 aliphatic heterocycles. The number of rotatable bonds is 0. The van der Waals surface area contributed by atoms with Gasteiger partial charge in [0.1, 0.15) is 0 Å². The Balaban J connectivity index is -0.0000000553. The van der Waals surface area contributed by atoms with Crippen LogP contribution in [0, 0.1) is 0 Å². The van der Waals surface area contributed by atoms with Gasteiger partial charge in [-0.25, -0.2) is 22.0 Å². The van der Waals surface area contributed by atoms with Crippen molar-refractivity contribution in [1.82, 2.24) is 0 Å². The summed E-state index contributed by atoms with van der Waals surface area (Å²) in [5, 5.41) is 0. The molecular weight excluding hydrogens is 329 g/mol. The summed E-state index contributed by atoms with van der Waals surface area (Å²) in [6, 6.07) is 0. The van der Waals surface area contributed by atoms with Gasteiger partial charge in [-0.3, -0.25) is 0 Å². The molecule has 0 amide bonds. The molecule has 0 bridgehead atoms. The summed E-state index contributed by atoms with van der Waals surface area (Å²) < 4.78 is 114. The normalized spacial score (nSPS) is 8.90. The number of allylic oxidation sites excluding steroid dienone is 2. The van der Waals surface area contributed by atoms with E-state index in [0.29, 0.717) is 0 Å². The molecule has 0 aromatic heterocycles. The van der Waals surface area contributed by atoms with Crippen LogP contribution in [0.5, 0.6) is 0 Å². The Morgan fingerprint density at radius 3 is 0.905 bits per heavy atom. The quantitative estimate of drug-likeness (QED) is 0.356. The van der Waals surface area contributed by atoms with Crippen LogP contribution in [0.4, 0.5) is 48.3 Å². The van der Waals surface area contributed by atoms with Crippen LogP contribution < -0.4 is 0 Å². The highest BCUT2D eigenvalue weighted by Crippen LogP contribution is 2.23. The average Bonchev–Trinajstić information content (AvgIpc) is 2.32. The Bertz CT molecular complexity index is 214. The first kappa shape index (κ1) is 31.7. The largest absolute Gasteiger partial charge is 0.442 e. The first-order chi connectivity index (χ1) is 9.33. The van der Waals surface area contributed by atoms with Crippen LogP contribution in [0.2, 0.25) is 0 Å². The van der Waals surface area contributed by atoms with Crippen LogP contribution >= 0.6 is 0 Å². The van der Waals surface area contributed by atoms with Gasteiger partial charge in [-0.1, -0.05) is 13.2 Å². The fourth-order valence-electron chi connectivity index (χ4n) is 0. The molecule has 21 heavy (non-hydrogen) atoms. The van der Waals surface area contributed by atoms with Gasteiger partial charge >= 0.3 is 12.4 Å². The Hall–Kier alpha value is -1.55. The SMILES string of the molecule is C=C.C=C(F)C(F)(F)F.C=CC(F)(F)F.FCF.FCF. The van der Waals surface area contributed by atoms with Crippen molar-refractivity contribution in [3.05, 3.63) is 38.2 Å². The third-order valence-corrected chi connectivity index (χ3v) is 0.539. The van der Waals surface area contributed by atoms with Crippen molar-refractivity contribution in [2.45, 2.75) is 12.4 Å². The molecule has 0 nitrogen and oxygen atoms in total. The smallest absolute Gasteiger partial charge is 0.214 e. The maximum Gasteiger partial charge on any atom is 0.442 e. The van der Waals surface area contributed by atoms with Crippen molar-refractivity contribution in [1.29, 1.82) is 0 Å². The Morgan fingerprint density at radius 1 is 0.810 bits per heavy atom. The van der Waals surface area contributed by atoms with E-state index in [9.17, 15) is 48.3 Å². The van der Waals surface area contributed by atoms with Gasteiger partial charge in [-0.2, -0.15) is 26.3 Å². The average molecular weight is 342 g/mol.